The second kappa shape index (κ2) is 8.06. The summed E-state index contributed by atoms with van der Waals surface area (Å²) in [4.78, 5) is 2.15. The summed E-state index contributed by atoms with van der Waals surface area (Å²) in [5.41, 5.74) is 2.22. The molecule has 31 heavy (non-hydrogen) atoms. The molecule has 4 rings (SSSR count). The number of nitrogens with zero attached hydrogens (tertiary/aromatic N) is 5. The number of hydrogen-bond acceptors (Lipinski definition) is 3. The summed E-state index contributed by atoms with van der Waals surface area (Å²) < 4.78 is 42.9. The van der Waals surface area contributed by atoms with Gasteiger partial charge in [-0.2, -0.15) is 23.4 Å². The zero-order chi connectivity index (χ0) is 22.5. The lowest BCUT2D eigenvalue weighted by Crippen LogP contribution is -2.23. The van der Waals surface area contributed by atoms with Gasteiger partial charge in [0.2, 0.25) is 0 Å². The fraction of sp³-hybridized carbons (Fsp3) is 0.429. The van der Waals surface area contributed by atoms with Crippen LogP contribution in [0.4, 0.5) is 18.9 Å². The Morgan fingerprint density at radius 1 is 1.13 bits per heavy atom. The number of hydrogen-bond donors (Lipinski definition) is 0. The molecule has 1 unspecified atom stereocenters. The lowest BCUT2D eigenvalue weighted by molar-refractivity contribution is -0.141. The van der Waals surface area contributed by atoms with Crippen LogP contribution < -0.4 is 4.90 Å². The maximum absolute atomic E-state index is 13.2. The average molecular weight is 472 g/mol. The molecule has 1 saturated heterocycles. The van der Waals surface area contributed by atoms with Gasteiger partial charge in [-0.05, 0) is 43.5 Å². The van der Waals surface area contributed by atoms with Crippen molar-refractivity contribution < 1.29 is 13.2 Å². The van der Waals surface area contributed by atoms with E-state index in [4.69, 9.17) is 23.2 Å². The van der Waals surface area contributed by atoms with Crippen LogP contribution in [-0.2, 0) is 6.18 Å². The second-order valence-electron chi connectivity index (χ2n) is 8.04. The fourth-order valence-electron chi connectivity index (χ4n) is 4.12. The Labute approximate surface area is 188 Å². The lowest BCUT2D eigenvalue weighted by atomic mass is 10.1. The Hall–Kier alpha value is -2.19. The van der Waals surface area contributed by atoms with Gasteiger partial charge in [0.05, 0.1) is 40.0 Å². The van der Waals surface area contributed by atoms with Crippen LogP contribution in [0.5, 0.6) is 0 Å². The van der Waals surface area contributed by atoms with Crippen molar-refractivity contribution in [3.63, 3.8) is 0 Å². The molecule has 0 spiro atoms. The van der Waals surface area contributed by atoms with Gasteiger partial charge in [0, 0.05) is 18.1 Å². The van der Waals surface area contributed by atoms with Gasteiger partial charge < -0.3 is 4.90 Å². The molecule has 5 nitrogen and oxygen atoms in total. The Balaban J connectivity index is 1.64. The minimum atomic E-state index is -4.57. The predicted molar refractivity (Wildman–Crippen MR) is 116 cm³/mol. The van der Waals surface area contributed by atoms with Gasteiger partial charge in [0.1, 0.15) is 0 Å². The maximum Gasteiger partial charge on any atom is 0.436 e. The minimum Gasteiger partial charge on any atom is -0.367 e. The number of benzene rings is 1. The first-order valence-corrected chi connectivity index (χ1v) is 10.7. The van der Waals surface area contributed by atoms with E-state index >= 15 is 0 Å². The van der Waals surface area contributed by atoms with Crippen LogP contribution in [0.1, 0.15) is 49.3 Å². The molecule has 3 heterocycles. The zero-order valence-electron chi connectivity index (χ0n) is 17.3. The molecule has 0 aliphatic carbocycles. The van der Waals surface area contributed by atoms with E-state index in [0.717, 1.165) is 17.1 Å². The van der Waals surface area contributed by atoms with Gasteiger partial charge in [-0.15, -0.1) is 0 Å². The van der Waals surface area contributed by atoms with Gasteiger partial charge >= 0.3 is 6.18 Å². The first kappa shape index (κ1) is 22.0. The molecule has 0 saturated carbocycles. The highest BCUT2D eigenvalue weighted by molar-refractivity contribution is 6.32. The molecule has 0 N–H and O–H groups in total. The van der Waals surface area contributed by atoms with Crippen LogP contribution in [0.2, 0.25) is 10.0 Å². The number of alkyl halides is 3. The molecule has 1 aromatic carbocycles. The van der Waals surface area contributed by atoms with Crippen LogP contribution in [-0.4, -0.2) is 32.7 Å². The Bertz CT molecular complexity index is 1090. The van der Waals surface area contributed by atoms with E-state index in [1.165, 1.54) is 4.68 Å². The molecule has 0 radical (unpaired) electrons. The van der Waals surface area contributed by atoms with Crippen molar-refractivity contribution in [1.29, 1.82) is 0 Å². The predicted octanol–water partition coefficient (Wildman–Crippen LogP) is 6.28. The monoisotopic (exact) mass is 471 g/mol. The smallest absolute Gasteiger partial charge is 0.367 e. The lowest BCUT2D eigenvalue weighted by Gasteiger charge is -2.21. The van der Waals surface area contributed by atoms with E-state index in [1.54, 1.807) is 6.92 Å². The van der Waals surface area contributed by atoms with Crippen LogP contribution >= 0.6 is 23.2 Å². The average Bonchev–Trinajstić information content (AvgIpc) is 3.40. The summed E-state index contributed by atoms with van der Waals surface area (Å²) >= 11 is 12.0. The number of rotatable bonds is 4. The van der Waals surface area contributed by atoms with Gasteiger partial charge in [-0.1, -0.05) is 37.0 Å². The standard InChI is InChI=1S/C21H22Cl2F3N5/c1-12(2)19-17(10-27-31(19)15-6-4-14(22)5-7-15)29-9-8-16(11-29)30-13(3)18(23)20(28-30)21(24,25)26/h4-7,10,12,16H,8-9,11H2,1-3H3. The van der Waals surface area contributed by atoms with Crippen LogP contribution in [0.25, 0.3) is 5.69 Å². The summed E-state index contributed by atoms with van der Waals surface area (Å²) in [6.45, 7) is 6.98. The third-order valence-electron chi connectivity index (χ3n) is 5.60. The highest BCUT2D eigenvalue weighted by atomic mass is 35.5. The Kier molecular flexibility index (Phi) is 5.72. The summed E-state index contributed by atoms with van der Waals surface area (Å²) in [6.07, 6.45) is -2.09. The molecule has 0 bridgehead atoms. The summed E-state index contributed by atoms with van der Waals surface area (Å²) in [7, 11) is 0. The van der Waals surface area contributed by atoms with E-state index in [-0.39, 0.29) is 17.0 Å². The molecule has 1 aliphatic heterocycles. The minimum absolute atomic E-state index is 0.185. The number of anilines is 1. The third kappa shape index (κ3) is 4.03. The van der Waals surface area contributed by atoms with Gasteiger partial charge in [0.15, 0.2) is 5.69 Å². The largest absolute Gasteiger partial charge is 0.436 e. The first-order chi connectivity index (χ1) is 14.6. The second-order valence-corrected chi connectivity index (χ2v) is 8.85. The highest BCUT2D eigenvalue weighted by Gasteiger charge is 2.40. The van der Waals surface area contributed by atoms with E-state index < -0.39 is 11.9 Å². The summed E-state index contributed by atoms with van der Waals surface area (Å²) in [5, 5.41) is 8.72. The van der Waals surface area contributed by atoms with Crippen LogP contribution in [0.15, 0.2) is 30.5 Å². The molecule has 2 aromatic heterocycles. The Morgan fingerprint density at radius 3 is 2.39 bits per heavy atom. The zero-order valence-corrected chi connectivity index (χ0v) is 18.8. The third-order valence-corrected chi connectivity index (χ3v) is 6.30. The number of aromatic nitrogens is 4. The molecular formula is C21H22Cl2F3N5. The van der Waals surface area contributed by atoms with Gasteiger partial charge in [-0.25, -0.2) is 4.68 Å². The molecule has 1 fully saturated rings. The van der Waals surface area contributed by atoms with E-state index in [2.05, 4.69) is 28.9 Å². The molecular weight excluding hydrogens is 450 g/mol. The van der Waals surface area contributed by atoms with Crippen LogP contribution in [0.3, 0.4) is 0 Å². The first-order valence-electron chi connectivity index (χ1n) is 9.98. The number of halogens is 5. The van der Waals surface area contributed by atoms with E-state index in [1.807, 2.05) is 35.1 Å². The maximum atomic E-state index is 13.2. The molecule has 10 heteroatoms. The SMILES string of the molecule is Cc1c(Cl)c(C(F)(F)F)nn1C1CCN(c2cnn(-c3ccc(Cl)cc3)c2C(C)C)C1. The summed E-state index contributed by atoms with van der Waals surface area (Å²) in [5.74, 6) is 0.185. The van der Waals surface area contributed by atoms with Crippen LogP contribution in [0, 0.1) is 6.92 Å². The highest BCUT2D eigenvalue weighted by Crippen LogP contribution is 2.39. The normalized spacial score (nSPS) is 17.2. The van der Waals surface area contributed by atoms with Gasteiger partial charge in [-0.3, -0.25) is 4.68 Å². The molecule has 3 aromatic rings. The molecule has 166 valence electrons. The van der Waals surface area contributed by atoms with E-state index in [9.17, 15) is 13.2 Å². The van der Waals surface area contributed by atoms with Crippen molar-refractivity contribution in [3.8, 4) is 5.69 Å². The quantitative estimate of drug-likeness (QED) is 0.449. The molecule has 1 atom stereocenters. The fourth-order valence-corrected chi connectivity index (χ4v) is 4.47. The topological polar surface area (TPSA) is 38.9 Å². The summed E-state index contributed by atoms with van der Waals surface area (Å²) in [6, 6.07) is 7.25. The molecule has 1 aliphatic rings. The van der Waals surface area contributed by atoms with Crippen molar-refractivity contribution in [3.05, 3.63) is 57.6 Å². The van der Waals surface area contributed by atoms with Crippen molar-refractivity contribution in [1.82, 2.24) is 19.6 Å². The van der Waals surface area contributed by atoms with Crippen molar-refractivity contribution >= 4 is 28.9 Å². The van der Waals surface area contributed by atoms with Crippen molar-refractivity contribution in [2.75, 3.05) is 18.0 Å². The van der Waals surface area contributed by atoms with Gasteiger partial charge in [0.25, 0.3) is 0 Å². The van der Waals surface area contributed by atoms with Crippen molar-refractivity contribution in [2.45, 2.75) is 45.3 Å². The molecule has 0 amide bonds. The van der Waals surface area contributed by atoms with Crippen molar-refractivity contribution in [2.24, 2.45) is 0 Å². The Morgan fingerprint density at radius 2 is 1.81 bits per heavy atom. The van der Waals surface area contributed by atoms with E-state index in [0.29, 0.717) is 30.2 Å².